The fourth-order valence-electron chi connectivity index (χ4n) is 1.43. The van der Waals surface area contributed by atoms with Crippen molar-refractivity contribution in [1.29, 1.82) is 0 Å². The van der Waals surface area contributed by atoms with Gasteiger partial charge in [-0.2, -0.15) is 0 Å². The van der Waals surface area contributed by atoms with E-state index in [1.165, 1.54) is 0 Å². The third kappa shape index (κ3) is 6.35. The molecule has 0 saturated carbocycles. The second-order valence-electron chi connectivity index (χ2n) is 3.42. The maximum absolute atomic E-state index is 5.73. The molecule has 0 aromatic rings. The highest BCUT2D eigenvalue weighted by atomic mass is 28.4. The number of hydrogen-bond donors (Lipinski definition) is 0. The summed E-state index contributed by atoms with van der Waals surface area (Å²) in [6.07, 6.45) is 6.62. The van der Waals surface area contributed by atoms with Crippen LogP contribution in [0.5, 0.6) is 0 Å². The molecular formula is C11H24O2Si. The first-order valence-corrected chi connectivity index (χ1v) is 8.13. The molecule has 2 nitrogen and oxygen atoms in total. The Morgan fingerprint density at radius 1 is 1.00 bits per heavy atom. The molecule has 0 heterocycles. The predicted octanol–water partition coefficient (Wildman–Crippen LogP) is 3.49. The van der Waals surface area contributed by atoms with Crippen LogP contribution in [-0.4, -0.2) is 21.8 Å². The summed E-state index contributed by atoms with van der Waals surface area (Å²) in [5, 5.41) is 0. The van der Waals surface area contributed by atoms with Crippen molar-refractivity contribution in [1.82, 2.24) is 0 Å². The van der Waals surface area contributed by atoms with E-state index < -0.39 is 8.56 Å². The highest BCUT2D eigenvalue weighted by Crippen LogP contribution is 2.16. The topological polar surface area (TPSA) is 18.5 Å². The largest absolute Gasteiger partial charge is 0.395 e. The van der Waals surface area contributed by atoms with Crippen LogP contribution in [0.3, 0.4) is 0 Å². The van der Waals surface area contributed by atoms with Crippen LogP contribution in [0.15, 0.2) is 12.2 Å². The number of rotatable bonds is 8. The highest BCUT2D eigenvalue weighted by Gasteiger charge is 2.29. The fraction of sp³-hybridized carbons (Fsp3) is 0.818. The SMILES string of the molecule is CCC=CCC[Si](C)(OCC)OCC. The molecule has 84 valence electrons. The minimum absolute atomic E-state index is 0.764. The van der Waals surface area contributed by atoms with Crippen LogP contribution in [0.25, 0.3) is 0 Å². The van der Waals surface area contributed by atoms with Gasteiger partial charge in [0.05, 0.1) is 0 Å². The van der Waals surface area contributed by atoms with E-state index in [1.807, 2.05) is 13.8 Å². The third-order valence-corrected chi connectivity index (χ3v) is 5.06. The fourth-order valence-corrected chi connectivity index (χ4v) is 3.71. The van der Waals surface area contributed by atoms with Gasteiger partial charge < -0.3 is 8.85 Å². The lowest BCUT2D eigenvalue weighted by atomic mass is 10.4. The summed E-state index contributed by atoms with van der Waals surface area (Å²) >= 11 is 0. The van der Waals surface area contributed by atoms with E-state index >= 15 is 0 Å². The highest BCUT2D eigenvalue weighted by molar-refractivity contribution is 6.66. The van der Waals surface area contributed by atoms with Crippen molar-refractivity contribution in [3.8, 4) is 0 Å². The molecule has 0 saturated heterocycles. The molecule has 0 atom stereocenters. The van der Waals surface area contributed by atoms with Crippen LogP contribution in [0.2, 0.25) is 12.6 Å². The van der Waals surface area contributed by atoms with Crippen molar-refractivity contribution >= 4 is 8.56 Å². The summed E-state index contributed by atoms with van der Waals surface area (Å²) in [7, 11) is -1.85. The van der Waals surface area contributed by atoms with Crippen molar-refractivity contribution in [2.75, 3.05) is 13.2 Å². The van der Waals surface area contributed by atoms with Gasteiger partial charge in [-0.15, -0.1) is 0 Å². The predicted molar refractivity (Wildman–Crippen MR) is 63.7 cm³/mol. The monoisotopic (exact) mass is 216 g/mol. The van der Waals surface area contributed by atoms with Crippen molar-refractivity contribution in [3.63, 3.8) is 0 Å². The van der Waals surface area contributed by atoms with Crippen molar-refractivity contribution < 1.29 is 8.85 Å². The maximum atomic E-state index is 5.73. The Bertz CT molecular complexity index is 151. The Hall–Kier alpha value is -0.123. The van der Waals surface area contributed by atoms with Crippen molar-refractivity contribution in [3.05, 3.63) is 12.2 Å². The lowest BCUT2D eigenvalue weighted by Crippen LogP contribution is -2.38. The molecule has 0 radical (unpaired) electrons. The minimum Gasteiger partial charge on any atom is -0.395 e. The van der Waals surface area contributed by atoms with Gasteiger partial charge in [0.2, 0.25) is 0 Å². The molecule has 0 unspecified atom stereocenters. The van der Waals surface area contributed by atoms with E-state index in [1.54, 1.807) is 0 Å². The quantitative estimate of drug-likeness (QED) is 0.457. The summed E-state index contributed by atoms with van der Waals surface area (Å²) in [5.74, 6) is 0. The van der Waals surface area contributed by atoms with Crippen molar-refractivity contribution in [2.45, 2.75) is 46.2 Å². The summed E-state index contributed by atoms with van der Waals surface area (Å²) in [6.45, 7) is 9.90. The zero-order chi connectivity index (χ0) is 10.9. The van der Waals surface area contributed by atoms with E-state index in [0.29, 0.717) is 0 Å². The van der Waals surface area contributed by atoms with Crippen LogP contribution in [0.4, 0.5) is 0 Å². The van der Waals surface area contributed by atoms with Crippen LogP contribution >= 0.6 is 0 Å². The maximum Gasteiger partial charge on any atom is 0.335 e. The van der Waals surface area contributed by atoms with Crippen LogP contribution in [0, 0.1) is 0 Å². The summed E-state index contributed by atoms with van der Waals surface area (Å²) in [6, 6.07) is 1.06. The Morgan fingerprint density at radius 2 is 1.57 bits per heavy atom. The molecule has 0 bridgehead atoms. The first-order chi connectivity index (χ1) is 6.68. The molecule has 0 aromatic heterocycles. The minimum atomic E-state index is -1.85. The van der Waals surface area contributed by atoms with Gasteiger partial charge in [0.15, 0.2) is 0 Å². The van der Waals surface area contributed by atoms with Crippen LogP contribution in [0.1, 0.15) is 33.6 Å². The van der Waals surface area contributed by atoms with Crippen LogP contribution < -0.4 is 0 Å². The Kier molecular flexibility index (Phi) is 8.13. The van der Waals surface area contributed by atoms with Gasteiger partial charge in [-0.25, -0.2) is 0 Å². The molecule has 3 heteroatoms. The van der Waals surface area contributed by atoms with Crippen LogP contribution in [-0.2, 0) is 8.85 Å². The zero-order valence-electron chi connectivity index (χ0n) is 10.0. The molecule has 0 rings (SSSR count). The molecule has 0 spiro atoms. The molecule has 0 aliphatic carbocycles. The normalized spacial score (nSPS) is 12.6. The summed E-state index contributed by atoms with van der Waals surface area (Å²) in [4.78, 5) is 0. The van der Waals surface area contributed by atoms with Crippen molar-refractivity contribution in [2.24, 2.45) is 0 Å². The zero-order valence-corrected chi connectivity index (χ0v) is 11.0. The standard InChI is InChI=1S/C11H24O2Si/c1-5-8-9-10-11-14(4,12-6-2)13-7-3/h8-9H,5-7,10-11H2,1-4H3. The second kappa shape index (κ2) is 8.21. The van der Waals surface area contributed by atoms with Gasteiger partial charge in [-0.05, 0) is 39.3 Å². The Morgan fingerprint density at radius 3 is 2.00 bits per heavy atom. The molecule has 0 N–H and O–H groups in total. The first-order valence-electron chi connectivity index (χ1n) is 5.61. The van der Waals surface area contributed by atoms with Gasteiger partial charge in [-0.3, -0.25) is 0 Å². The van der Waals surface area contributed by atoms with Gasteiger partial charge in [-0.1, -0.05) is 19.1 Å². The van der Waals surface area contributed by atoms with E-state index in [2.05, 4.69) is 25.6 Å². The molecule has 14 heavy (non-hydrogen) atoms. The number of hydrogen-bond acceptors (Lipinski definition) is 2. The number of allylic oxidation sites excluding steroid dienone is 2. The molecule has 0 amide bonds. The van der Waals surface area contributed by atoms with E-state index in [-0.39, 0.29) is 0 Å². The Balaban J connectivity index is 3.88. The molecule has 0 aliphatic heterocycles. The van der Waals surface area contributed by atoms with Gasteiger partial charge >= 0.3 is 8.56 Å². The van der Waals surface area contributed by atoms with Gasteiger partial charge in [0.25, 0.3) is 0 Å². The smallest absolute Gasteiger partial charge is 0.335 e. The third-order valence-electron chi connectivity index (χ3n) is 2.07. The second-order valence-corrected chi connectivity index (χ2v) is 6.76. The lowest BCUT2D eigenvalue weighted by Gasteiger charge is -2.25. The molecule has 0 aliphatic rings. The van der Waals surface area contributed by atoms with E-state index in [4.69, 9.17) is 8.85 Å². The molecular weight excluding hydrogens is 192 g/mol. The molecule has 0 aromatic carbocycles. The van der Waals surface area contributed by atoms with E-state index in [9.17, 15) is 0 Å². The van der Waals surface area contributed by atoms with E-state index in [0.717, 1.165) is 32.1 Å². The lowest BCUT2D eigenvalue weighted by molar-refractivity contribution is 0.189. The summed E-state index contributed by atoms with van der Waals surface area (Å²) < 4.78 is 11.5. The van der Waals surface area contributed by atoms with Gasteiger partial charge in [0, 0.05) is 13.2 Å². The average molecular weight is 216 g/mol. The van der Waals surface area contributed by atoms with Gasteiger partial charge in [0.1, 0.15) is 0 Å². The Labute approximate surface area is 89.6 Å². The molecule has 0 fully saturated rings. The summed E-state index contributed by atoms with van der Waals surface area (Å²) in [5.41, 5.74) is 0. The average Bonchev–Trinajstić information content (AvgIpc) is 2.13. The first kappa shape index (κ1) is 13.9.